The highest BCUT2D eigenvalue weighted by molar-refractivity contribution is 5.73. The summed E-state index contributed by atoms with van der Waals surface area (Å²) in [7, 11) is 0. The lowest BCUT2D eigenvalue weighted by molar-refractivity contribution is -0.128. The fourth-order valence-corrected chi connectivity index (χ4v) is 3.67. The van der Waals surface area contributed by atoms with E-state index in [-0.39, 0.29) is 5.91 Å². The number of carbonyl (C=O) groups is 1. The molecule has 0 atom stereocenters. The zero-order valence-corrected chi connectivity index (χ0v) is 17.5. The average molecular weight is 405 g/mol. The summed E-state index contributed by atoms with van der Waals surface area (Å²) < 4.78 is 11.9. The number of amides is 1. The Labute approximate surface area is 177 Å². The fraction of sp³-hybridized carbons (Fsp3) is 0.333. The molecular formula is C24H27N3O3. The van der Waals surface area contributed by atoms with Crippen LogP contribution in [0.1, 0.15) is 24.8 Å². The monoisotopic (exact) mass is 405 g/mol. The quantitative estimate of drug-likeness (QED) is 0.626. The Morgan fingerprint density at radius 1 is 1.03 bits per heavy atom. The van der Waals surface area contributed by atoms with Crippen molar-refractivity contribution in [2.75, 3.05) is 26.2 Å². The molecule has 2 aromatic carbocycles. The molecule has 1 aromatic heterocycles. The topological polar surface area (TPSA) is 58.8 Å². The molecule has 6 nitrogen and oxygen atoms in total. The van der Waals surface area contributed by atoms with Crippen LogP contribution >= 0.6 is 0 Å². The molecule has 0 unspecified atom stereocenters. The number of para-hydroxylation sites is 1. The average Bonchev–Trinajstić information content (AvgIpc) is 2.95. The molecule has 0 bridgehead atoms. The third kappa shape index (κ3) is 4.89. The Bertz CT molecular complexity index is 1000. The number of hydrogen-bond acceptors (Lipinski definition) is 5. The number of carbonyl (C=O) groups excluding carboxylic acids is 1. The van der Waals surface area contributed by atoms with Gasteiger partial charge in [-0.05, 0) is 43.7 Å². The van der Waals surface area contributed by atoms with Crippen LogP contribution in [-0.2, 0) is 11.3 Å². The minimum Gasteiger partial charge on any atom is -0.457 e. The minimum absolute atomic E-state index is 0.148. The molecule has 1 saturated heterocycles. The summed E-state index contributed by atoms with van der Waals surface area (Å²) in [6.07, 6.45) is 0.974. The standard InChI is InChI=1S/C24H27N3O3/c1-18-23(17-26-12-7-13-27(15-14-26)19(2)28)25-24(29-18)20-8-6-11-22(16-20)30-21-9-4-3-5-10-21/h3-6,8-11,16H,7,12-15,17H2,1-2H3. The van der Waals surface area contributed by atoms with E-state index in [9.17, 15) is 4.79 Å². The summed E-state index contributed by atoms with van der Waals surface area (Å²) in [4.78, 5) is 20.7. The summed E-state index contributed by atoms with van der Waals surface area (Å²) in [5.41, 5.74) is 1.83. The summed E-state index contributed by atoms with van der Waals surface area (Å²) in [5.74, 6) is 3.11. The maximum Gasteiger partial charge on any atom is 0.226 e. The third-order valence-corrected chi connectivity index (χ3v) is 5.36. The van der Waals surface area contributed by atoms with E-state index in [2.05, 4.69) is 4.90 Å². The van der Waals surface area contributed by atoms with Crippen LogP contribution in [0.4, 0.5) is 0 Å². The van der Waals surface area contributed by atoms with E-state index in [4.69, 9.17) is 14.1 Å². The van der Waals surface area contributed by atoms with Crippen LogP contribution in [-0.4, -0.2) is 46.9 Å². The molecule has 30 heavy (non-hydrogen) atoms. The highest BCUT2D eigenvalue weighted by Crippen LogP contribution is 2.28. The Balaban J connectivity index is 1.46. The van der Waals surface area contributed by atoms with Crippen LogP contribution in [0.5, 0.6) is 11.5 Å². The first-order valence-corrected chi connectivity index (χ1v) is 10.4. The molecule has 1 amide bonds. The van der Waals surface area contributed by atoms with Crippen molar-refractivity contribution in [2.24, 2.45) is 0 Å². The molecule has 1 aliphatic rings. The molecule has 1 aliphatic heterocycles. The van der Waals surface area contributed by atoms with E-state index in [1.54, 1.807) is 6.92 Å². The van der Waals surface area contributed by atoms with E-state index in [1.807, 2.05) is 66.4 Å². The van der Waals surface area contributed by atoms with Crippen LogP contribution in [0.3, 0.4) is 0 Å². The fourth-order valence-electron chi connectivity index (χ4n) is 3.67. The normalized spacial score (nSPS) is 15.1. The van der Waals surface area contributed by atoms with Crippen LogP contribution in [0.15, 0.2) is 59.0 Å². The zero-order valence-electron chi connectivity index (χ0n) is 17.5. The molecule has 0 radical (unpaired) electrons. The van der Waals surface area contributed by atoms with Gasteiger partial charge in [0, 0.05) is 45.2 Å². The van der Waals surface area contributed by atoms with Crippen molar-refractivity contribution in [1.82, 2.24) is 14.8 Å². The van der Waals surface area contributed by atoms with Crippen molar-refractivity contribution in [3.63, 3.8) is 0 Å². The molecule has 156 valence electrons. The number of nitrogens with zero attached hydrogens (tertiary/aromatic N) is 3. The highest BCUT2D eigenvalue weighted by atomic mass is 16.5. The van der Waals surface area contributed by atoms with E-state index >= 15 is 0 Å². The van der Waals surface area contributed by atoms with Gasteiger partial charge in [-0.2, -0.15) is 0 Å². The van der Waals surface area contributed by atoms with Gasteiger partial charge in [0.25, 0.3) is 0 Å². The van der Waals surface area contributed by atoms with Crippen molar-refractivity contribution in [2.45, 2.75) is 26.8 Å². The second kappa shape index (κ2) is 9.13. The molecule has 1 fully saturated rings. The van der Waals surface area contributed by atoms with Gasteiger partial charge in [-0.1, -0.05) is 24.3 Å². The molecule has 0 spiro atoms. The van der Waals surface area contributed by atoms with E-state index in [0.717, 1.165) is 67.7 Å². The lowest BCUT2D eigenvalue weighted by Crippen LogP contribution is -2.33. The maximum absolute atomic E-state index is 11.6. The molecule has 4 rings (SSSR count). The van der Waals surface area contributed by atoms with Gasteiger partial charge in [0.2, 0.25) is 11.8 Å². The summed E-state index contributed by atoms with van der Waals surface area (Å²) in [6, 6.07) is 17.5. The largest absolute Gasteiger partial charge is 0.457 e. The smallest absolute Gasteiger partial charge is 0.226 e. The van der Waals surface area contributed by atoms with Crippen LogP contribution in [0.25, 0.3) is 11.5 Å². The van der Waals surface area contributed by atoms with Crippen molar-refractivity contribution in [3.8, 4) is 23.0 Å². The number of oxazole rings is 1. The number of aromatic nitrogens is 1. The molecule has 2 heterocycles. The van der Waals surface area contributed by atoms with Gasteiger partial charge in [0.05, 0.1) is 5.69 Å². The SMILES string of the molecule is CC(=O)N1CCCN(Cc2nc(-c3cccc(Oc4ccccc4)c3)oc2C)CC1. The second-order valence-corrected chi connectivity index (χ2v) is 7.60. The predicted octanol–water partition coefficient (Wildman–Crippen LogP) is 4.50. The van der Waals surface area contributed by atoms with Gasteiger partial charge in [-0.3, -0.25) is 9.69 Å². The molecule has 6 heteroatoms. The minimum atomic E-state index is 0.148. The van der Waals surface area contributed by atoms with Crippen LogP contribution < -0.4 is 4.74 Å². The molecule has 3 aromatic rings. The highest BCUT2D eigenvalue weighted by Gasteiger charge is 2.19. The van der Waals surface area contributed by atoms with Crippen molar-refractivity contribution in [3.05, 3.63) is 66.1 Å². The summed E-state index contributed by atoms with van der Waals surface area (Å²) in [6.45, 7) is 7.70. The summed E-state index contributed by atoms with van der Waals surface area (Å²) in [5, 5.41) is 0. The number of rotatable bonds is 5. The Hall–Kier alpha value is -3.12. The number of aryl methyl sites for hydroxylation is 1. The lowest BCUT2D eigenvalue weighted by atomic mass is 10.2. The van der Waals surface area contributed by atoms with E-state index in [1.165, 1.54) is 0 Å². The number of benzene rings is 2. The van der Waals surface area contributed by atoms with Crippen molar-refractivity contribution in [1.29, 1.82) is 0 Å². The molecular weight excluding hydrogens is 378 g/mol. The first-order chi connectivity index (χ1) is 14.6. The van der Waals surface area contributed by atoms with Crippen molar-refractivity contribution < 1.29 is 13.9 Å². The Morgan fingerprint density at radius 2 is 1.83 bits per heavy atom. The van der Waals surface area contributed by atoms with E-state index in [0.29, 0.717) is 5.89 Å². The molecule has 0 aliphatic carbocycles. The lowest BCUT2D eigenvalue weighted by Gasteiger charge is -2.20. The second-order valence-electron chi connectivity index (χ2n) is 7.60. The van der Waals surface area contributed by atoms with E-state index < -0.39 is 0 Å². The molecule has 0 N–H and O–H groups in total. The van der Waals surface area contributed by atoms with Gasteiger partial charge >= 0.3 is 0 Å². The first-order valence-electron chi connectivity index (χ1n) is 10.4. The van der Waals surface area contributed by atoms with Crippen LogP contribution in [0.2, 0.25) is 0 Å². The van der Waals surface area contributed by atoms with Crippen LogP contribution in [0, 0.1) is 6.92 Å². The van der Waals surface area contributed by atoms with Gasteiger partial charge in [0.15, 0.2) is 0 Å². The first kappa shape index (κ1) is 20.2. The zero-order chi connectivity index (χ0) is 20.9. The number of hydrogen-bond donors (Lipinski definition) is 0. The Morgan fingerprint density at radius 3 is 2.63 bits per heavy atom. The maximum atomic E-state index is 11.6. The third-order valence-electron chi connectivity index (χ3n) is 5.36. The van der Waals surface area contributed by atoms with Crippen molar-refractivity contribution >= 4 is 5.91 Å². The summed E-state index contributed by atoms with van der Waals surface area (Å²) >= 11 is 0. The van der Waals surface area contributed by atoms with Gasteiger partial charge in [-0.25, -0.2) is 4.98 Å². The number of ether oxygens (including phenoxy) is 1. The van der Waals surface area contributed by atoms with Gasteiger partial charge in [-0.15, -0.1) is 0 Å². The predicted molar refractivity (Wildman–Crippen MR) is 115 cm³/mol. The Kier molecular flexibility index (Phi) is 6.14. The molecule has 0 saturated carbocycles. The van der Waals surface area contributed by atoms with Gasteiger partial charge in [0.1, 0.15) is 17.3 Å². The van der Waals surface area contributed by atoms with Gasteiger partial charge < -0.3 is 14.1 Å².